The number of carbonyl (C=O) groups excluding carboxylic acids is 1. The molecular formula is C19H15FN4O2. The Kier molecular flexibility index (Phi) is 5.04. The Hall–Kier alpha value is -3.53. The van der Waals surface area contributed by atoms with Gasteiger partial charge < -0.3 is 4.90 Å². The number of halogens is 1. The first-order chi connectivity index (χ1) is 12.6. The predicted octanol–water partition coefficient (Wildman–Crippen LogP) is 2.48. The maximum absolute atomic E-state index is 13.3. The fraction of sp³-hybridized carbons (Fsp3) is 0.158. The lowest BCUT2D eigenvalue weighted by atomic mass is 10.2. The van der Waals surface area contributed by atoms with Crippen molar-refractivity contribution in [2.24, 2.45) is 0 Å². The summed E-state index contributed by atoms with van der Waals surface area (Å²) in [7, 11) is 0. The van der Waals surface area contributed by atoms with Gasteiger partial charge in [-0.25, -0.2) is 9.37 Å². The van der Waals surface area contributed by atoms with E-state index in [0.717, 1.165) is 0 Å². The van der Waals surface area contributed by atoms with Crippen molar-refractivity contribution in [1.29, 1.82) is 5.26 Å². The lowest BCUT2D eigenvalue weighted by Crippen LogP contribution is -2.37. The number of fused-ring (bicyclic) bond motifs is 1. The SMILES string of the molecule is N#CCCN(C(=O)Cn1cnc2cc(F)ccc2c1=O)c1ccccc1. The van der Waals surface area contributed by atoms with Crippen molar-refractivity contribution in [1.82, 2.24) is 9.55 Å². The number of benzene rings is 2. The molecule has 0 saturated heterocycles. The fourth-order valence-corrected chi connectivity index (χ4v) is 2.64. The van der Waals surface area contributed by atoms with Gasteiger partial charge in [-0.1, -0.05) is 18.2 Å². The molecule has 1 aromatic heterocycles. The first-order valence-electron chi connectivity index (χ1n) is 7.97. The minimum absolute atomic E-state index is 0.171. The van der Waals surface area contributed by atoms with E-state index in [1.807, 2.05) is 12.1 Å². The largest absolute Gasteiger partial charge is 0.310 e. The summed E-state index contributed by atoms with van der Waals surface area (Å²) < 4.78 is 14.4. The number of hydrogen-bond acceptors (Lipinski definition) is 4. The van der Waals surface area contributed by atoms with Crippen LogP contribution in [0.2, 0.25) is 0 Å². The molecule has 0 bridgehead atoms. The zero-order chi connectivity index (χ0) is 18.5. The highest BCUT2D eigenvalue weighted by Crippen LogP contribution is 2.15. The Morgan fingerprint density at radius 2 is 2.00 bits per heavy atom. The topological polar surface area (TPSA) is 79.0 Å². The van der Waals surface area contributed by atoms with Crippen LogP contribution in [-0.2, 0) is 11.3 Å². The summed E-state index contributed by atoms with van der Waals surface area (Å²) in [5, 5.41) is 9.08. The van der Waals surface area contributed by atoms with Crippen LogP contribution in [0.1, 0.15) is 6.42 Å². The van der Waals surface area contributed by atoms with Gasteiger partial charge in [0.15, 0.2) is 0 Å². The molecule has 0 fully saturated rings. The minimum Gasteiger partial charge on any atom is -0.310 e. The summed E-state index contributed by atoms with van der Waals surface area (Å²) in [4.78, 5) is 30.8. The molecule has 2 aromatic carbocycles. The zero-order valence-corrected chi connectivity index (χ0v) is 13.8. The lowest BCUT2D eigenvalue weighted by Gasteiger charge is -2.22. The van der Waals surface area contributed by atoms with Crippen LogP contribution in [0.25, 0.3) is 10.9 Å². The Bertz CT molecular complexity index is 1040. The molecule has 1 heterocycles. The molecule has 1 amide bonds. The van der Waals surface area contributed by atoms with Crippen LogP contribution in [-0.4, -0.2) is 22.0 Å². The molecule has 0 aliphatic rings. The van der Waals surface area contributed by atoms with E-state index in [-0.39, 0.29) is 36.3 Å². The van der Waals surface area contributed by atoms with Crippen LogP contribution in [0.15, 0.2) is 59.7 Å². The average molecular weight is 350 g/mol. The van der Waals surface area contributed by atoms with Crippen molar-refractivity contribution >= 4 is 22.5 Å². The maximum atomic E-state index is 13.3. The van der Waals surface area contributed by atoms with E-state index in [1.54, 1.807) is 24.3 Å². The van der Waals surface area contributed by atoms with Gasteiger partial charge in [-0.15, -0.1) is 0 Å². The number of para-hydroxylation sites is 1. The van der Waals surface area contributed by atoms with Gasteiger partial charge in [0.25, 0.3) is 5.56 Å². The third kappa shape index (κ3) is 3.59. The molecule has 0 radical (unpaired) electrons. The molecule has 0 spiro atoms. The van der Waals surface area contributed by atoms with Crippen molar-refractivity contribution in [3.63, 3.8) is 0 Å². The number of rotatable bonds is 5. The van der Waals surface area contributed by atoms with Crippen LogP contribution in [0.3, 0.4) is 0 Å². The number of hydrogen-bond donors (Lipinski definition) is 0. The molecule has 3 aromatic rings. The Balaban J connectivity index is 1.91. The van der Waals surface area contributed by atoms with E-state index in [2.05, 4.69) is 4.98 Å². The number of anilines is 1. The first-order valence-corrected chi connectivity index (χ1v) is 7.97. The molecule has 0 N–H and O–H groups in total. The summed E-state index contributed by atoms with van der Waals surface area (Å²) in [5.74, 6) is -0.818. The predicted molar refractivity (Wildman–Crippen MR) is 95.0 cm³/mol. The smallest absolute Gasteiger partial charge is 0.261 e. The molecule has 130 valence electrons. The molecular weight excluding hydrogens is 335 g/mol. The molecule has 0 aliphatic heterocycles. The van der Waals surface area contributed by atoms with E-state index in [9.17, 15) is 14.0 Å². The van der Waals surface area contributed by atoms with Gasteiger partial charge >= 0.3 is 0 Å². The number of amides is 1. The van der Waals surface area contributed by atoms with Crippen molar-refractivity contribution in [2.45, 2.75) is 13.0 Å². The van der Waals surface area contributed by atoms with E-state index in [1.165, 1.54) is 34.0 Å². The Morgan fingerprint density at radius 1 is 1.23 bits per heavy atom. The molecule has 6 nitrogen and oxygen atoms in total. The molecule has 3 rings (SSSR count). The van der Waals surface area contributed by atoms with Crippen LogP contribution in [0.4, 0.5) is 10.1 Å². The normalized spacial score (nSPS) is 10.5. The third-order valence-corrected chi connectivity index (χ3v) is 3.91. The van der Waals surface area contributed by atoms with E-state index < -0.39 is 11.4 Å². The summed E-state index contributed by atoms with van der Waals surface area (Å²) in [5.41, 5.74) is 0.469. The lowest BCUT2D eigenvalue weighted by molar-refractivity contribution is -0.119. The highest BCUT2D eigenvalue weighted by atomic mass is 19.1. The monoisotopic (exact) mass is 350 g/mol. The summed E-state index contributed by atoms with van der Waals surface area (Å²) >= 11 is 0. The fourth-order valence-electron chi connectivity index (χ4n) is 2.64. The molecule has 26 heavy (non-hydrogen) atoms. The Labute approximate surface area is 148 Å². The van der Waals surface area contributed by atoms with Gasteiger partial charge in [-0.05, 0) is 24.3 Å². The first kappa shape index (κ1) is 17.3. The quantitative estimate of drug-likeness (QED) is 0.708. The van der Waals surface area contributed by atoms with Crippen molar-refractivity contribution < 1.29 is 9.18 Å². The van der Waals surface area contributed by atoms with Gasteiger partial charge in [-0.3, -0.25) is 14.2 Å². The highest BCUT2D eigenvalue weighted by molar-refractivity contribution is 5.93. The van der Waals surface area contributed by atoms with Crippen LogP contribution in [0.5, 0.6) is 0 Å². The molecule has 0 atom stereocenters. The average Bonchev–Trinajstić information content (AvgIpc) is 2.65. The second-order valence-corrected chi connectivity index (χ2v) is 5.63. The second-order valence-electron chi connectivity index (χ2n) is 5.63. The number of nitrogens with zero attached hydrogens (tertiary/aromatic N) is 4. The number of carbonyl (C=O) groups is 1. The van der Waals surface area contributed by atoms with Crippen LogP contribution < -0.4 is 10.5 Å². The van der Waals surface area contributed by atoms with E-state index in [4.69, 9.17) is 5.26 Å². The van der Waals surface area contributed by atoms with Gasteiger partial charge in [0.1, 0.15) is 12.4 Å². The standard InChI is InChI=1S/C19H15FN4O2/c20-14-7-8-16-17(11-14)22-13-23(19(16)26)12-18(25)24(10-4-9-21)15-5-2-1-3-6-15/h1-3,5-8,11,13H,4,10,12H2. The minimum atomic E-state index is -0.481. The highest BCUT2D eigenvalue weighted by Gasteiger charge is 2.17. The van der Waals surface area contributed by atoms with Crippen molar-refractivity contribution in [3.8, 4) is 6.07 Å². The third-order valence-electron chi connectivity index (χ3n) is 3.91. The summed E-state index contributed by atoms with van der Waals surface area (Å²) in [6.07, 6.45) is 1.40. The maximum Gasteiger partial charge on any atom is 0.261 e. The number of aromatic nitrogens is 2. The number of nitriles is 1. The Morgan fingerprint density at radius 3 is 2.73 bits per heavy atom. The van der Waals surface area contributed by atoms with Crippen LogP contribution in [0, 0.1) is 17.1 Å². The summed E-state index contributed by atoms with van der Waals surface area (Å²) in [6.45, 7) is -0.000207. The van der Waals surface area contributed by atoms with Gasteiger partial charge in [-0.2, -0.15) is 5.26 Å². The van der Waals surface area contributed by atoms with Crippen molar-refractivity contribution in [3.05, 3.63) is 71.0 Å². The van der Waals surface area contributed by atoms with Gasteiger partial charge in [0.2, 0.25) is 5.91 Å². The van der Waals surface area contributed by atoms with Gasteiger partial charge in [0.05, 0.1) is 29.7 Å². The zero-order valence-electron chi connectivity index (χ0n) is 13.8. The van der Waals surface area contributed by atoms with Gasteiger partial charge in [0, 0.05) is 18.3 Å². The molecule has 0 aliphatic carbocycles. The molecule has 0 unspecified atom stereocenters. The van der Waals surface area contributed by atoms with E-state index in [0.29, 0.717) is 5.69 Å². The van der Waals surface area contributed by atoms with E-state index >= 15 is 0 Å². The molecule has 0 saturated carbocycles. The van der Waals surface area contributed by atoms with Crippen LogP contribution >= 0.6 is 0 Å². The van der Waals surface area contributed by atoms with Crippen molar-refractivity contribution in [2.75, 3.05) is 11.4 Å². The summed E-state index contributed by atoms with van der Waals surface area (Å²) in [6, 6.07) is 14.7. The second kappa shape index (κ2) is 7.57. The molecule has 7 heteroatoms.